The summed E-state index contributed by atoms with van der Waals surface area (Å²) in [7, 11) is 1.12. The number of ether oxygens (including phenoxy) is 4. The van der Waals surface area contributed by atoms with Gasteiger partial charge >= 0.3 is 24.1 Å². The second kappa shape index (κ2) is 9.25. The summed E-state index contributed by atoms with van der Waals surface area (Å²) in [6, 6.07) is -1.61. The van der Waals surface area contributed by atoms with Crippen LogP contribution in [0.3, 0.4) is 0 Å². The van der Waals surface area contributed by atoms with Crippen molar-refractivity contribution in [3.05, 3.63) is 0 Å². The van der Waals surface area contributed by atoms with E-state index in [9.17, 15) is 19.2 Å². The van der Waals surface area contributed by atoms with Gasteiger partial charge < -0.3 is 18.9 Å². The molecule has 0 saturated heterocycles. The van der Waals surface area contributed by atoms with E-state index in [0.29, 0.717) is 4.90 Å². The lowest BCUT2D eigenvalue weighted by Crippen LogP contribution is -2.54. The highest BCUT2D eigenvalue weighted by atomic mass is 16.6. The molecule has 1 atom stereocenters. The van der Waals surface area contributed by atoms with Crippen molar-refractivity contribution in [1.29, 1.82) is 0 Å². The van der Waals surface area contributed by atoms with Gasteiger partial charge in [-0.25, -0.2) is 14.4 Å². The van der Waals surface area contributed by atoms with E-state index in [4.69, 9.17) is 14.2 Å². The number of hydrogen-bond acceptors (Lipinski definition) is 8. The molecule has 28 heavy (non-hydrogen) atoms. The molecule has 9 nitrogen and oxygen atoms in total. The van der Waals surface area contributed by atoms with Crippen LogP contribution < -0.4 is 0 Å². The maximum absolute atomic E-state index is 12.7. The van der Waals surface area contributed by atoms with Crippen molar-refractivity contribution >= 4 is 24.1 Å². The minimum Gasteiger partial charge on any atom is -0.469 e. The maximum Gasteiger partial charge on any atom is 0.420 e. The number of carbonyl (C=O) groups excluding carboxylic acids is 4. The molecule has 0 rings (SSSR count). The molecule has 0 aliphatic heterocycles. The van der Waals surface area contributed by atoms with Gasteiger partial charge in [-0.15, -0.1) is 0 Å². The van der Waals surface area contributed by atoms with E-state index in [1.807, 2.05) is 0 Å². The summed E-state index contributed by atoms with van der Waals surface area (Å²) in [6.45, 7) is 14.4. The third-order valence-corrected chi connectivity index (χ3v) is 2.76. The number of rotatable bonds is 4. The first kappa shape index (κ1) is 25.7. The number of imide groups is 1. The Labute approximate surface area is 166 Å². The Kier molecular flexibility index (Phi) is 8.48. The van der Waals surface area contributed by atoms with Crippen LogP contribution in [-0.2, 0) is 28.5 Å². The zero-order valence-electron chi connectivity index (χ0n) is 18.5. The topological polar surface area (TPSA) is 108 Å². The molecule has 9 heteroatoms. The third kappa shape index (κ3) is 10.1. The van der Waals surface area contributed by atoms with Crippen LogP contribution in [0.1, 0.15) is 68.7 Å². The fourth-order valence-corrected chi connectivity index (χ4v) is 1.84. The number of nitrogens with zero attached hydrogens (tertiary/aromatic N) is 1. The number of hydrogen-bond donors (Lipinski definition) is 0. The quantitative estimate of drug-likeness (QED) is 0.519. The SMILES string of the molecule is COC(=O)C[C@@H](C(=O)OC(C)(C)C)N(C(=O)OC(C)(C)C)C(=O)OC(C)(C)C. The van der Waals surface area contributed by atoms with E-state index in [0.717, 1.165) is 7.11 Å². The highest BCUT2D eigenvalue weighted by Gasteiger charge is 2.43. The molecule has 0 radical (unpaired) electrons. The Morgan fingerprint density at radius 1 is 0.714 bits per heavy atom. The van der Waals surface area contributed by atoms with Crippen molar-refractivity contribution < 1.29 is 38.1 Å². The van der Waals surface area contributed by atoms with Crippen molar-refractivity contribution in [2.75, 3.05) is 7.11 Å². The van der Waals surface area contributed by atoms with Crippen molar-refractivity contribution in [3.8, 4) is 0 Å². The average Bonchev–Trinajstić information content (AvgIpc) is 2.40. The monoisotopic (exact) mass is 403 g/mol. The molecule has 0 N–H and O–H groups in total. The number of methoxy groups -OCH3 is 1. The van der Waals surface area contributed by atoms with Gasteiger partial charge in [-0.1, -0.05) is 0 Å². The van der Waals surface area contributed by atoms with Gasteiger partial charge in [-0.05, 0) is 62.3 Å². The van der Waals surface area contributed by atoms with Gasteiger partial charge in [-0.3, -0.25) is 4.79 Å². The van der Waals surface area contributed by atoms with Gasteiger partial charge in [0, 0.05) is 0 Å². The Bertz CT molecular complexity index is 565. The number of carbonyl (C=O) groups is 4. The molecule has 0 aromatic heterocycles. The lowest BCUT2D eigenvalue weighted by Gasteiger charge is -2.33. The molecule has 2 amide bonds. The summed E-state index contributed by atoms with van der Waals surface area (Å²) in [5.74, 6) is -1.78. The minimum atomic E-state index is -1.61. The van der Waals surface area contributed by atoms with Gasteiger partial charge in [0.2, 0.25) is 0 Å². The Morgan fingerprint density at radius 2 is 1.07 bits per heavy atom. The Hall–Kier alpha value is -2.32. The van der Waals surface area contributed by atoms with E-state index in [1.54, 1.807) is 62.3 Å². The van der Waals surface area contributed by atoms with Crippen LogP contribution in [0.25, 0.3) is 0 Å². The molecule has 0 aliphatic carbocycles. The predicted octanol–water partition coefficient (Wildman–Crippen LogP) is 3.43. The first-order valence-electron chi connectivity index (χ1n) is 8.91. The Balaban J connectivity index is 6.10. The summed E-state index contributed by atoms with van der Waals surface area (Å²) in [4.78, 5) is 50.4. The van der Waals surface area contributed by atoms with E-state index >= 15 is 0 Å². The molecule has 0 fully saturated rings. The summed E-state index contributed by atoms with van der Waals surface area (Å²) >= 11 is 0. The van der Waals surface area contributed by atoms with Crippen LogP contribution >= 0.6 is 0 Å². The molecule has 0 aromatic rings. The molecule has 0 bridgehead atoms. The fraction of sp³-hybridized carbons (Fsp3) is 0.789. The maximum atomic E-state index is 12.7. The number of amides is 2. The van der Waals surface area contributed by atoms with Crippen molar-refractivity contribution in [1.82, 2.24) is 4.90 Å². The van der Waals surface area contributed by atoms with Crippen LogP contribution in [0.5, 0.6) is 0 Å². The zero-order valence-corrected chi connectivity index (χ0v) is 18.5. The van der Waals surface area contributed by atoms with Crippen molar-refractivity contribution in [3.63, 3.8) is 0 Å². The normalized spacial score (nSPS) is 13.2. The first-order valence-corrected chi connectivity index (χ1v) is 8.91. The van der Waals surface area contributed by atoms with Gasteiger partial charge in [0.1, 0.15) is 16.8 Å². The third-order valence-electron chi connectivity index (χ3n) is 2.76. The largest absolute Gasteiger partial charge is 0.469 e. The predicted molar refractivity (Wildman–Crippen MR) is 101 cm³/mol. The van der Waals surface area contributed by atoms with Crippen molar-refractivity contribution in [2.24, 2.45) is 0 Å². The highest BCUT2D eigenvalue weighted by molar-refractivity contribution is 5.96. The highest BCUT2D eigenvalue weighted by Crippen LogP contribution is 2.21. The van der Waals surface area contributed by atoms with E-state index in [2.05, 4.69) is 4.74 Å². The molecular weight excluding hydrogens is 370 g/mol. The van der Waals surface area contributed by atoms with Crippen LogP contribution in [-0.4, -0.2) is 59.0 Å². The molecular formula is C19H33NO8. The van der Waals surface area contributed by atoms with E-state index in [-0.39, 0.29) is 0 Å². The Morgan fingerprint density at radius 3 is 1.36 bits per heavy atom. The van der Waals surface area contributed by atoms with Crippen LogP contribution in [0, 0.1) is 0 Å². The first-order chi connectivity index (χ1) is 12.4. The molecule has 0 heterocycles. The van der Waals surface area contributed by atoms with Crippen LogP contribution in [0.4, 0.5) is 9.59 Å². The molecule has 0 saturated carbocycles. The summed E-state index contributed by atoms with van der Waals surface area (Å²) in [6.07, 6.45) is -2.88. The van der Waals surface area contributed by atoms with Gasteiger partial charge in [0.15, 0.2) is 6.04 Å². The summed E-state index contributed by atoms with van der Waals surface area (Å²) in [5, 5.41) is 0. The minimum absolute atomic E-state index is 0.460. The molecule has 0 unspecified atom stereocenters. The zero-order chi connectivity index (χ0) is 22.5. The van der Waals surface area contributed by atoms with Gasteiger partial charge in [-0.2, -0.15) is 4.90 Å². The second-order valence-electron chi connectivity index (χ2n) is 9.16. The average molecular weight is 403 g/mol. The molecule has 0 aliphatic rings. The molecule has 0 spiro atoms. The summed E-state index contributed by atoms with van der Waals surface area (Å²) < 4.78 is 20.4. The van der Waals surface area contributed by atoms with Gasteiger partial charge in [0.05, 0.1) is 13.5 Å². The van der Waals surface area contributed by atoms with Crippen molar-refractivity contribution in [2.45, 2.75) is 91.6 Å². The van der Waals surface area contributed by atoms with E-state index < -0.39 is 53.4 Å². The van der Waals surface area contributed by atoms with E-state index in [1.165, 1.54) is 0 Å². The number of esters is 2. The lowest BCUT2D eigenvalue weighted by molar-refractivity contribution is -0.164. The van der Waals surface area contributed by atoms with Gasteiger partial charge in [0.25, 0.3) is 0 Å². The fourth-order valence-electron chi connectivity index (χ4n) is 1.84. The standard InChI is InChI=1S/C19H33NO8/c1-17(2,3)26-14(22)12(11-13(21)25-10)20(15(23)27-18(4,5)6)16(24)28-19(7,8)9/h12H,11H2,1-10H3/t12-/m0/s1. The molecule has 162 valence electrons. The second-order valence-corrected chi connectivity index (χ2v) is 9.16. The molecule has 0 aromatic carbocycles. The smallest absolute Gasteiger partial charge is 0.420 e. The lowest BCUT2D eigenvalue weighted by atomic mass is 10.1. The summed E-state index contributed by atoms with van der Waals surface area (Å²) in [5.41, 5.74) is -2.83. The van der Waals surface area contributed by atoms with Crippen LogP contribution in [0.15, 0.2) is 0 Å². The van der Waals surface area contributed by atoms with Crippen LogP contribution in [0.2, 0.25) is 0 Å².